The van der Waals surface area contributed by atoms with Gasteiger partial charge in [0.05, 0.1) is 5.69 Å². The minimum atomic E-state index is 0.761. The molecule has 1 aliphatic heterocycles. The van der Waals surface area contributed by atoms with E-state index in [1.165, 1.54) is 4.90 Å². The van der Waals surface area contributed by atoms with Crippen molar-refractivity contribution >= 4 is 51.8 Å². The molecule has 3 nitrogen and oxygen atoms in total. The SMILES string of the molecule is S=C1Nc2ccccc2SC1=Cc1c[nH]c2ncccc12. The van der Waals surface area contributed by atoms with Crippen molar-refractivity contribution < 1.29 is 0 Å². The molecule has 102 valence electrons. The van der Waals surface area contributed by atoms with Gasteiger partial charge in [-0.05, 0) is 30.3 Å². The number of thiocarbonyl (C=S) groups is 1. The third kappa shape index (κ3) is 2.24. The van der Waals surface area contributed by atoms with Crippen molar-refractivity contribution in [1.29, 1.82) is 0 Å². The highest BCUT2D eigenvalue weighted by Gasteiger charge is 2.17. The van der Waals surface area contributed by atoms with Gasteiger partial charge in [-0.15, -0.1) is 0 Å². The van der Waals surface area contributed by atoms with Crippen LogP contribution in [0, 0.1) is 0 Å². The zero-order valence-electron chi connectivity index (χ0n) is 11.0. The Labute approximate surface area is 131 Å². The molecule has 0 aliphatic carbocycles. The van der Waals surface area contributed by atoms with Crippen molar-refractivity contribution in [2.24, 2.45) is 0 Å². The first-order valence-corrected chi connectivity index (χ1v) is 7.76. The van der Waals surface area contributed by atoms with Crippen LogP contribution in [0.1, 0.15) is 5.56 Å². The topological polar surface area (TPSA) is 40.7 Å². The van der Waals surface area contributed by atoms with Crippen molar-refractivity contribution in [3.63, 3.8) is 0 Å². The van der Waals surface area contributed by atoms with E-state index in [9.17, 15) is 0 Å². The van der Waals surface area contributed by atoms with E-state index in [2.05, 4.69) is 33.5 Å². The average molecular weight is 309 g/mol. The number of nitrogens with one attached hydrogen (secondary N) is 2. The third-order valence-electron chi connectivity index (χ3n) is 3.35. The molecule has 0 fully saturated rings. The highest BCUT2D eigenvalue weighted by molar-refractivity contribution is 8.05. The maximum atomic E-state index is 5.47. The molecule has 3 heterocycles. The molecule has 3 aromatic rings. The van der Waals surface area contributed by atoms with Crippen LogP contribution in [0.4, 0.5) is 5.69 Å². The van der Waals surface area contributed by atoms with Crippen molar-refractivity contribution in [1.82, 2.24) is 9.97 Å². The molecule has 0 saturated carbocycles. The van der Waals surface area contributed by atoms with E-state index in [-0.39, 0.29) is 0 Å². The van der Waals surface area contributed by atoms with Crippen LogP contribution in [0.2, 0.25) is 0 Å². The van der Waals surface area contributed by atoms with E-state index in [4.69, 9.17) is 12.2 Å². The van der Waals surface area contributed by atoms with Gasteiger partial charge in [-0.3, -0.25) is 0 Å². The predicted octanol–water partition coefficient (Wildman–Crippen LogP) is 4.45. The summed E-state index contributed by atoms with van der Waals surface area (Å²) in [5.41, 5.74) is 3.07. The highest BCUT2D eigenvalue weighted by atomic mass is 32.2. The maximum absolute atomic E-state index is 5.47. The zero-order valence-corrected chi connectivity index (χ0v) is 12.6. The number of nitrogens with zero attached hydrogens (tertiary/aromatic N) is 1. The summed E-state index contributed by atoms with van der Waals surface area (Å²) >= 11 is 7.17. The van der Waals surface area contributed by atoms with Crippen LogP contribution in [0.5, 0.6) is 0 Å². The van der Waals surface area contributed by atoms with E-state index >= 15 is 0 Å². The Kier molecular flexibility index (Phi) is 3.02. The molecule has 0 bridgehead atoms. The van der Waals surface area contributed by atoms with Gasteiger partial charge < -0.3 is 10.3 Å². The molecule has 2 N–H and O–H groups in total. The lowest BCUT2D eigenvalue weighted by molar-refractivity contribution is 1.33. The Balaban J connectivity index is 1.78. The van der Waals surface area contributed by atoms with Crippen LogP contribution in [-0.4, -0.2) is 15.0 Å². The average Bonchev–Trinajstić information content (AvgIpc) is 2.91. The van der Waals surface area contributed by atoms with Crippen LogP contribution in [0.25, 0.3) is 17.1 Å². The molecule has 0 radical (unpaired) electrons. The lowest BCUT2D eigenvalue weighted by atomic mass is 10.2. The van der Waals surface area contributed by atoms with E-state index in [1.807, 2.05) is 30.5 Å². The largest absolute Gasteiger partial charge is 0.346 e. The van der Waals surface area contributed by atoms with Crippen LogP contribution >= 0.6 is 24.0 Å². The fourth-order valence-electron chi connectivity index (χ4n) is 2.34. The number of aromatic nitrogens is 2. The standard InChI is InChI=1S/C16H11N3S2/c20-16-14(21-13-6-2-1-5-12(13)19-16)8-10-9-18-15-11(10)4-3-7-17-15/h1-9H,(H,17,18)(H,19,20). The van der Waals surface area contributed by atoms with Gasteiger partial charge in [0.1, 0.15) is 10.6 Å². The Morgan fingerprint density at radius 1 is 1.14 bits per heavy atom. The minimum absolute atomic E-state index is 0.761. The number of fused-ring (bicyclic) bond motifs is 2. The van der Waals surface area contributed by atoms with Crippen molar-refractivity contribution in [2.75, 3.05) is 5.32 Å². The Bertz CT molecular complexity index is 880. The van der Waals surface area contributed by atoms with Gasteiger partial charge in [0.15, 0.2) is 0 Å². The third-order valence-corrected chi connectivity index (χ3v) is 4.92. The van der Waals surface area contributed by atoms with Gasteiger partial charge >= 0.3 is 0 Å². The summed E-state index contributed by atoms with van der Waals surface area (Å²) in [4.78, 5) is 10.5. The normalized spacial score (nSPS) is 16.0. The number of H-pyrrole nitrogens is 1. The molecule has 0 amide bonds. The molecule has 0 saturated heterocycles. The van der Waals surface area contributed by atoms with Crippen molar-refractivity contribution in [2.45, 2.75) is 4.90 Å². The zero-order chi connectivity index (χ0) is 14.2. The summed E-state index contributed by atoms with van der Waals surface area (Å²) in [7, 11) is 0. The van der Waals surface area contributed by atoms with Crippen molar-refractivity contribution in [3.05, 3.63) is 59.3 Å². The number of hydrogen-bond acceptors (Lipinski definition) is 3. The Hall–Kier alpha value is -2.11. The van der Waals surface area contributed by atoms with Gasteiger partial charge in [-0.1, -0.05) is 36.1 Å². The maximum Gasteiger partial charge on any atom is 0.137 e. The number of thioether (sulfide) groups is 1. The second kappa shape index (κ2) is 5.02. The summed E-state index contributed by atoms with van der Waals surface area (Å²) in [5, 5.41) is 4.39. The van der Waals surface area contributed by atoms with Gasteiger partial charge in [0.2, 0.25) is 0 Å². The summed E-state index contributed by atoms with van der Waals surface area (Å²) < 4.78 is 0. The molecule has 21 heavy (non-hydrogen) atoms. The molecule has 2 aromatic heterocycles. The van der Waals surface area contributed by atoms with Crippen LogP contribution in [0.3, 0.4) is 0 Å². The fraction of sp³-hybridized carbons (Fsp3) is 0. The van der Waals surface area contributed by atoms with E-state index < -0.39 is 0 Å². The minimum Gasteiger partial charge on any atom is -0.346 e. The second-order valence-corrected chi connectivity index (χ2v) is 6.20. The number of hydrogen-bond donors (Lipinski definition) is 2. The van der Waals surface area contributed by atoms with Gasteiger partial charge in [-0.2, -0.15) is 0 Å². The first-order chi connectivity index (χ1) is 10.3. The van der Waals surface area contributed by atoms with Crippen LogP contribution in [0.15, 0.2) is 58.6 Å². The summed E-state index contributed by atoms with van der Waals surface area (Å²) in [5.74, 6) is 0. The number of pyridine rings is 1. The van der Waals surface area contributed by atoms with Crippen molar-refractivity contribution in [3.8, 4) is 0 Å². The molecule has 0 unspecified atom stereocenters. The van der Waals surface area contributed by atoms with Gasteiger partial charge in [0, 0.05) is 33.1 Å². The van der Waals surface area contributed by atoms with Gasteiger partial charge in [-0.25, -0.2) is 4.98 Å². The summed E-state index contributed by atoms with van der Waals surface area (Å²) in [6, 6.07) is 12.2. The van der Waals surface area contributed by atoms with Crippen LogP contribution in [-0.2, 0) is 0 Å². The number of aromatic amines is 1. The van der Waals surface area contributed by atoms with Crippen LogP contribution < -0.4 is 5.32 Å². The molecule has 4 rings (SSSR count). The Morgan fingerprint density at radius 2 is 2.05 bits per heavy atom. The Morgan fingerprint density at radius 3 is 3.00 bits per heavy atom. The number of para-hydroxylation sites is 1. The number of rotatable bonds is 1. The van der Waals surface area contributed by atoms with E-state index in [0.717, 1.165) is 32.2 Å². The monoisotopic (exact) mass is 309 g/mol. The van der Waals surface area contributed by atoms with Gasteiger partial charge in [0.25, 0.3) is 0 Å². The first kappa shape index (κ1) is 12.6. The molecular formula is C16H11N3S2. The molecular weight excluding hydrogens is 298 g/mol. The first-order valence-electron chi connectivity index (χ1n) is 6.53. The van der Waals surface area contributed by atoms with E-state index in [0.29, 0.717) is 0 Å². The smallest absolute Gasteiger partial charge is 0.137 e. The molecule has 0 spiro atoms. The second-order valence-electron chi connectivity index (χ2n) is 4.70. The summed E-state index contributed by atoms with van der Waals surface area (Å²) in [6.07, 6.45) is 5.86. The molecule has 5 heteroatoms. The number of benzene rings is 1. The molecule has 0 atom stereocenters. The number of anilines is 1. The molecule has 1 aliphatic rings. The predicted molar refractivity (Wildman–Crippen MR) is 92.6 cm³/mol. The summed E-state index contributed by atoms with van der Waals surface area (Å²) in [6.45, 7) is 0. The van der Waals surface area contributed by atoms with E-state index in [1.54, 1.807) is 18.0 Å². The lowest BCUT2D eigenvalue weighted by Gasteiger charge is -2.20. The molecule has 1 aromatic carbocycles. The lowest BCUT2D eigenvalue weighted by Crippen LogP contribution is -2.14. The quantitative estimate of drug-likeness (QED) is 0.515. The highest BCUT2D eigenvalue weighted by Crippen LogP contribution is 2.39. The fourth-order valence-corrected chi connectivity index (χ4v) is 3.58.